The molecule has 2 N–H and O–H groups in total. The minimum absolute atomic E-state index is 0.222. The molecule has 0 saturated heterocycles. The van der Waals surface area contributed by atoms with Gasteiger partial charge in [0.15, 0.2) is 11.4 Å². The molecule has 2 aromatic heterocycles. The van der Waals surface area contributed by atoms with Crippen LogP contribution in [0.4, 0.5) is 11.4 Å². The SMILES string of the molecule is CNC(=O)c1nnccc1Nc1cccc2c1OCc1cnn(C)c1-2. The van der Waals surface area contributed by atoms with Crippen molar-refractivity contribution in [2.24, 2.45) is 7.05 Å². The van der Waals surface area contributed by atoms with E-state index in [0.717, 1.165) is 28.3 Å². The maximum absolute atomic E-state index is 12.0. The van der Waals surface area contributed by atoms with E-state index in [0.29, 0.717) is 12.3 Å². The number of fused-ring (bicyclic) bond motifs is 3. The summed E-state index contributed by atoms with van der Waals surface area (Å²) >= 11 is 0. The fourth-order valence-corrected chi connectivity index (χ4v) is 2.93. The summed E-state index contributed by atoms with van der Waals surface area (Å²) in [4.78, 5) is 12.0. The van der Waals surface area contributed by atoms with Gasteiger partial charge in [-0.2, -0.15) is 10.2 Å². The Morgan fingerprint density at radius 3 is 3.00 bits per heavy atom. The molecule has 1 aliphatic heterocycles. The van der Waals surface area contributed by atoms with Crippen molar-refractivity contribution in [2.45, 2.75) is 6.61 Å². The van der Waals surface area contributed by atoms with Gasteiger partial charge in [0.25, 0.3) is 5.91 Å². The van der Waals surface area contributed by atoms with Crippen LogP contribution in [0.15, 0.2) is 36.7 Å². The Hall–Kier alpha value is -3.42. The van der Waals surface area contributed by atoms with Gasteiger partial charge in [-0.05, 0) is 18.2 Å². The van der Waals surface area contributed by atoms with Crippen molar-refractivity contribution < 1.29 is 9.53 Å². The van der Waals surface area contributed by atoms with Crippen molar-refractivity contribution in [3.05, 3.63) is 47.9 Å². The summed E-state index contributed by atoms with van der Waals surface area (Å²) in [5, 5.41) is 17.8. The summed E-state index contributed by atoms with van der Waals surface area (Å²) < 4.78 is 7.78. The van der Waals surface area contributed by atoms with Crippen LogP contribution in [-0.4, -0.2) is 32.9 Å². The van der Waals surface area contributed by atoms with Gasteiger partial charge in [-0.1, -0.05) is 6.07 Å². The van der Waals surface area contributed by atoms with Gasteiger partial charge in [0, 0.05) is 25.2 Å². The van der Waals surface area contributed by atoms with Gasteiger partial charge < -0.3 is 15.4 Å². The van der Waals surface area contributed by atoms with Crippen LogP contribution in [0.2, 0.25) is 0 Å². The van der Waals surface area contributed by atoms with Crippen LogP contribution in [0.5, 0.6) is 5.75 Å². The zero-order chi connectivity index (χ0) is 17.4. The number of hydrogen-bond acceptors (Lipinski definition) is 6. The molecule has 4 rings (SSSR count). The quantitative estimate of drug-likeness (QED) is 0.758. The summed E-state index contributed by atoms with van der Waals surface area (Å²) in [6.07, 6.45) is 3.35. The second-order valence-corrected chi connectivity index (χ2v) is 5.61. The molecule has 3 aromatic rings. The fraction of sp³-hybridized carbons (Fsp3) is 0.176. The van der Waals surface area contributed by atoms with Crippen molar-refractivity contribution in [1.82, 2.24) is 25.3 Å². The third-order valence-electron chi connectivity index (χ3n) is 4.09. The summed E-state index contributed by atoms with van der Waals surface area (Å²) in [6.45, 7) is 0.450. The Labute approximate surface area is 143 Å². The van der Waals surface area contributed by atoms with E-state index >= 15 is 0 Å². The number of carbonyl (C=O) groups is 1. The molecule has 25 heavy (non-hydrogen) atoms. The van der Waals surface area contributed by atoms with Gasteiger partial charge in [-0.25, -0.2) is 0 Å². The van der Waals surface area contributed by atoms with Gasteiger partial charge in [-0.3, -0.25) is 9.48 Å². The number of ether oxygens (including phenoxy) is 1. The molecule has 0 aliphatic carbocycles. The normalized spacial score (nSPS) is 11.9. The standard InChI is InChI=1S/C17H16N6O2/c1-18-17(24)14-12(6-7-19-22-14)21-13-5-3-4-11-15-10(8-20-23(15)2)9-25-16(11)13/h3-8H,9H2,1-2H3,(H,18,24)(H,19,21). The first-order valence-electron chi connectivity index (χ1n) is 7.77. The first kappa shape index (κ1) is 15.1. The molecule has 0 saturated carbocycles. The Kier molecular flexibility index (Phi) is 3.57. The van der Waals surface area contributed by atoms with Crippen LogP contribution in [0.3, 0.4) is 0 Å². The first-order chi connectivity index (χ1) is 12.2. The molecular weight excluding hydrogens is 320 g/mol. The molecule has 1 aliphatic rings. The van der Waals surface area contributed by atoms with Crippen molar-refractivity contribution in [3.8, 4) is 17.0 Å². The van der Waals surface area contributed by atoms with Gasteiger partial charge >= 0.3 is 0 Å². The van der Waals surface area contributed by atoms with Crippen molar-refractivity contribution in [1.29, 1.82) is 0 Å². The van der Waals surface area contributed by atoms with E-state index in [2.05, 4.69) is 25.9 Å². The number of nitrogens with one attached hydrogen (secondary N) is 2. The van der Waals surface area contributed by atoms with Crippen LogP contribution in [-0.2, 0) is 13.7 Å². The number of nitrogens with zero attached hydrogens (tertiary/aromatic N) is 4. The number of aryl methyl sites for hydroxylation is 1. The molecule has 0 fully saturated rings. The van der Waals surface area contributed by atoms with E-state index in [1.54, 1.807) is 13.1 Å². The number of anilines is 2. The van der Waals surface area contributed by atoms with Gasteiger partial charge in [0.05, 0.1) is 29.5 Å². The second kappa shape index (κ2) is 5.90. The third-order valence-corrected chi connectivity index (χ3v) is 4.09. The second-order valence-electron chi connectivity index (χ2n) is 5.61. The van der Waals surface area contributed by atoms with E-state index < -0.39 is 0 Å². The highest BCUT2D eigenvalue weighted by Crippen LogP contribution is 2.42. The van der Waals surface area contributed by atoms with Crippen molar-refractivity contribution in [3.63, 3.8) is 0 Å². The maximum atomic E-state index is 12.0. The number of rotatable bonds is 3. The molecular formula is C17H16N6O2. The molecule has 126 valence electrons. The van der Waals surface area contributed by atoms with Crippen molar-refractivity contribution in [2.75, 3.05) is 12.4 Å². The number of para-hydroxylation sites is 1. The Morgan fingerprint density at radius 2 is 2.16 bits per heavy atom. The van der Waals surface area contributed by atoms with Gasteiger partial charge in [0.2, 0.25) is 0 Å². The molecule has 8 heteroatoms. The van der Waals surface area contributed by atoms with E-state index in [-0.39, 0.29) is 11.6 Å². The predicted molar refractivity (Wildman–Crippen MR) is 91.7 cm³/mol. The third kappa shape index (κ3) is 2.47. The lowest BCUT2D eigenvalue weighted by atomic mass is 10.0. The highest BCUT2D eigenvalue weighted by atomic mass is 16.5. The molecule has 0 radical (unpaired) electrons. The highest BCUT2D eigenvalue weighted by Gasteiger charge is 2.24. The average molecular weight is 336 g/mol. The molecule has 3 heterocycles. The molecule has 0 unspecified atom stereocenters. The monoisotopic (exact) mass is 336 g/mol. The average Bonchev–Trinajstić information content (AvgIpc) is 3.03. The number of benzene rings is 1. The minimum Gasteiger partial charge on any atom is -0.486 e. The number of aromatic nitrogens is 4. The van der Waals surface area contributed by atoms with E-state index in [4.69, 9.17) is 4.74 Å². The van der Waals surface area contributed by atoms with E-state index in [9.17, 15) is 4.79 Å². The van der Waals surface area contributed by atoms with Crippen molar-refractivity contribution >= 4 is 17.3 Å². The molecule has 8 nitrogen and oxygen atoms in total. The molecule has 1 aromatic carbocycles. The molecule has 0 bridgehead atoms. The smallest absolute Gasteiger partial charge is 0.273 e. The highest BCUT2D eigenvalue weighted by molar-refractivity contribution is 5.98. The van der Waals surface area contributed by atoms with Crippen LogP contribution in [0.1, 0.15) is 16.1 Å². The predicted octanol–water partition coefficient (Wildman–Crippen LogP) is 1.87. The van der Waals surface area contributed by atoms with E-state index in [1.807, 2.05) is 36.1 Å². The first-order valence-corrected chi connectivity index (χ1v) is 7.77. The van der Waals surface area contributed by atoms with Crippen LogP contribution < -0.4 is 15.4 Å². The lowest BCUT2D eigenvalue weighted by Gasteiger charge is -2.22. The molecule has 0 atom stereocenters. The molecule has 0 spiro atoms. The lowest BCUT2D eigenvalue weighted by molar-refractivity contribution is 0.0958. The van der Waals surface area contributed by atoms with E-state index in [1.165, 1.54) is 6.20 Å². The maximum Gasteiger partial charge on any atom is 0.273 e. The summed E-state index contributed by atoms with van der Waals surface area (Å²) in [5.41, 5.74) is 4.56. The fourth-order valence-electron chi connectivity index (χ4n) is 2.93. The summed E-state index contributed by atoms with van der Waals surface area (Å²) in [6, 6.07) is 7.52. The largest absolute Gasteiger partial charge is 0.486 e. The summed E-state index contributed by atoms with van der Waals surface area (Å²) in [5.74, 6) is 0.411. The Bertz CT molecular complexity index is 966. The van der Waals surface area contributed by atoms with Crippen LogP contribution >= 0.6 is 0 Å². The minimum atomic E-state index is -0.310. The lowest BCUT2D eigenvalue weighted by Crippen LogP contribution is -2.21. The van der Waals surface area contributed by atoms with Gasteiger partial charge in [0.1, 0.15) is 6.61 Å². The van der Waals surface area contributed by atoms with Crippen LogP contribution in [0, 0.1) is 0 Å². The topological polar surface area (TPSA) is 94.0 Å². The van der Waals surface area contributed by atoms with Gasteiger partial charge in [-0.15, -0.1) is 5.10 Å². The molecule has 1 amide bonds. The summed E-state index contributed by atoms with van der Waals surface area (Å²) in [7, 11) is 3.46. The zero-order valence-corrected chi connectivity index (χ0v) is 13.8. The number of amides is 1. The number of hydrogen-bond donors (Lipinski definition) is 2. The Morgan fingerprint density at radius 1 is 1.28 bits per heavy atom. The Balaban J connectivity index is 1.78. The zero-order valence-electron chi connectivity index (χ0n) is 13.8. The number of carbonyl (C=O) groups excluding carboxylic acids is 1. The van der Waals surface area contributed by atoms with Crippen LogP contribution in [0.25, 0.3) is 11.3 Å².